The quantitative estimate of drug-likeness (QED) is 0.121. The smallest absolute Gasteiger partial charge is 0.331 e. The molecule has 2 amide bonds. The highest BCUT2D eigenvalue weighted by molar-refractivity contribution is 7.89. The fraction of sp³-hybridized carbons (Fsp3) is 0.297. The Morgan fingerprint density at radius 2 is 1.67 bits per heavy atom. The molecule has 0 spiro atoms. The van der Waals surface area contributed by atoms with E-state index in [4.69, 9.17) is 0 Å². The lowest BCUT2D eigenvalue weighted by Crippen LogP contribution is -2.43. The van der Waals surface area contributed by atoms with Crippen LogP contribution in [0.15, 0.2) is 90.2 Å². The standard InChI is InChI=1S/C37H43N9O4S/c1-4-5-16-40-51(49,50)31-8-6-7-29(22-31)41-34-32-15-17-46(35(32)39-25-38-34)37(48)43-33-23-30(14-9-26(33)2)42-36(47)28-12-10-27(11-13-28)24-45-20-18-44(3)19-21-45/h6-15,17,22-23,25,40H,4-5,16,18-21,24H2,1-3H3,(H,42,47)(H,43,48)(H,38,39,41). The number of aromatic nitrogens is 3. The van der Waals surface area contributed by atoms with E-state index in [1.54, 1.807) is 36.5 Å². The van der Waals surface area contributed by atoms with Gasteiger partial charge in [0.2, 0.25) is 10.0 Å². The minimum atomic E-state index is -3.67. The molecular weight excluding hydrogens is 667 g/mol. The van der Waals surface area contributed by atoms with E-state index >= 15 is 0 Å². The Morgan fingerprint density at radius 3 is 2.43 bits per heavy atom. The van der Waals surface area contributed by atoms with Gasteiger partial charge in [0.25, 0.3) is 5.91 Å². The molecule has 5 aromatic rings. The first-order chi connectivity index (χ1) is 24.6. The zero-order chi connectivity index (χ0) is 36.0. The zero-order valence-corrected chi connectivity index (χ0v) is 29.8. The van der Waals surface area contributed by atoms with Gasteiger partial charge in [0, 0.05) is 68.1 Å². The van der Waals surface area contributed by atoms with Crippen molar-refractivity contribution in [2.45, 2.75) is 38.1 Å². The number of amides is 2. The van der Waals surface area contributed by atoms with Crippen molar-refractivity contribution in [3.05, 3.63) is 102 Å². The average molecular weight is 710 g/mol. The molecule has 0 aliphatic carbocycles. The first-order valence-corrected chi connectivity index (χ1v) is 18.5. The zero-order valence-electron chi connectivity index (χ0n) is 29.0. The maximum atomic E-state index is 13.5. The number of hydrogen-bond donors (Lipinski definition) is 4. The summed E-state index contributed by atoms with van der Waals surface area (Å²) in [6, 6.07) is 20.7. The SMILES string of the molecule is CCCCNS(=O)(=O)c1cccc(Nc2ncnc3c2ccn3C(=O)Nc2cc(NC(=O)c3ccc(CN4CCN(C)CC4)cc3)ccc2C)c1. The lowest BCUT2D eigenvalue weighted by molar-refractivity contribution is 0.102. The number of likely N-dealkylation sites (N-methyl/N-ethyl adjacent to an activating group) is 1. The van der Waals surface area contributed by atoms with Crippen molar-refractivity contribution in [1.29, 1.82) is 0 Å². The molecule has 0 radical (unpaired) electrons. The van der Waals surface area contributed by atoms with Crippen LogP contribution in [-0.4, -0.2) is 84.5 Å². The van der Waals surface area contributed by atoms with Crippen LogP contribution >= 0.6 is 0 Å². The summed E-state index contributed by atoms with van der Waals surface area (Å²) in [5, 5.41) is 9.61. The van der Waals surface area contributed by atoms with Crippen molar-refractivity contribution in [3.8, 4) is 0 Å². The summed E-state index contributed by atoms with van der Waals surface area (Å²) in [5.74, 6) is 0.166. The van der Waals surface area contributed by atoms with E-state index in [1.165, 1.54) is 23.0 Å². The number of piperazine rings is 1. The van der Waals surface area contributed by atoms with Gasteiger partial charge in [0.1, 0.15) is 12.1 Å². The normalized spacial score (nSPS) is 14.0. The van der Waals surface area contributed by atoms with Crippen LogP contribution in [0, 0.1) is 6.92 Å². The maximum absolute atomic E-state index is 13.5. The highest BCUT2D eigenvalue weighted by atomic mass is 32.2. The third kappa shape index (κ3) is 8.78. The largest absolute Gasteiger partial charge is 0.340 e. The number of benzene rings is 3. The third-order valence-electron chi connectivity index (χ3n) is 8.88. The van der Waals surface area contributed by atoms with Crippen molar-refractivity contribution in [2.75, 3.05) is 55.7 Å². The van der Waals surface area contributed by atoms with Crippen LogP contribution in [0.1, 0.15) is 41.3 Å². The van der Waals surface area contributed by atoms with Gasteiger partial charge in [-0.15, -0.1) is 0 Å². The number of fused-ring (bicyclic) bond motifs is 1. The number of carbonyl (C=O) groups excluding carboxylic acids is 2. The van der Waals surface area contributed by atoms with Crippen LogP contribution < -0.4 is 20.7 Å². The van der Waals surface area contributed by atoms with Gasteiger partial charge in [-0.05, 0) is 80.1 Å². The molecule has 1 aliphatic rings. The maximum Gasteiger partial charge on any atom is 0.331 e. The molecule has 3 aromatic carbocycles. The number of sulfonamides is 1. The van der Waals surface area contributed by atoms with Crippen LogP contribution in [0.3, 0.4) is 0 Å². The summed E-state index contributed by atoms with van der Waals surface area (Å²) in [6.07, 6.45) is 4.55. The molecule has 13 nitrogen and oxygen atoms in total. The van der Waals surface area contributed by atoms with Crippen LogP contribution in [-0.2, 0) is 16.6 Å². The number of carbonyl (C=O) groups is 2. The molecule has 51 heavy (non-hydrogen) atoms. The van der Waals surface area contributed by atoms with Crippen molar-refractivity contribution < 1.29 is 18.0 Å². The fourth-order valence-corrected chi connectivity index (χ4v) is 6.92. The number of rotatable bonds is 12. The molecule has 6 rings (SSSR count). The van der Waals surface area contributed by atoms with E-state index in [0.717, 1.165) is 56.7 Å². The van der Waals surface area contributed by atoms with Gasteiger partial charge >= 0.3 is 6.03 Å². The summed E-state index contributed by atoms with van der Waals surface area (Å²) in [6.45, 7) is 9.25. The Kier molecular flexibility index (Phi) is 11.1. The molecule has 1 saturated heterocycles. The first-order valence-electron chi connectivity index (χ1n) is 17.0. The summed E-state index contributed by atoms with van der Waals surface area (Å²) >= 11 is 0. The highest BCUT2D eigenvalue weighted by Gasteiger charge is 2.18. The Morgan fingerprint density at radius 1 is 0.882 bits per heavy atom. The van der Waals surface area contributed by atoms with Crippen LogP contribution in [0.25, 0.3) is 11.0 Å². The monoisotopic (exact) mass is 709 g/mol. The predicted octanol–water partition coefficient (Wildman–Crippen LogP) is 5.64. The van der Waals surface area contributed by atoms with Gasteiger partial charge in [-0.1, -0.05) is 37.6 Å². The van der Waals surface area contributed by atoms with E-state index in [1.807, 2.05) is 44.2 Å². The molecule has 0 unspecified atom stereocenters. The minimum Gasteiger partial charge on any atom is -0.340 e. The van der Waals surface area contributed by atoms with Gasteiger partial charge in [-0.3, -0.25) is 14.3 Å². The van der Waals surface area contributed by atoms with Crippen LogP contribution in [0.5, 0.6) is 0 Å². The summed E-state index contributed by atoms with van der Waals surface area (Å²) < 4.78 is 29.5. The van der Waals surface area contributed by atoms with Crippen molar-refractivity contribution in [2.24, 2.45) is 0 Å². The summed E-state index contributed by atoms with van der Waals surface area (Å²) in [7, 11) is -1.53. The molecule has 1 aliphatic heterocycles. The lowest BCUT2D eigenvalue weighted by atomic mass is 10.1. The van der Waals surface area contributed by atoms with Gasteiger partial charge in [-0.2, -0.15) is 0 Å². The Balaban J connectivity index is 1.11. The van der Waals surface area contributed by atoms with E-state index in [-0.39, 0.29) is 10.8 Å². The Bertz CT molecular complexity index is 2130. The van der Waals surface area contributed by atoms with Crippen molar-refractivity contribution in [3.63, 3.8) is 0 Å². The van der Waals surface area contributed by atoms with Crippen molar-refractivity contribution >= 4 is 55.9 Å². The third-order valence-corrected chi connectivity index (χ3v) is 10.3. The number of anilines is 4. The number of aryl methyl sites for hydroxylation is 1. The second-order valence-electron chi connectivity index (χ2n) is 12.7. The second kappa shape index (κ2) is 15.8. The number of unbranched alkanes of at least 4 members (excludes halogenated alkanes) is 1. The van der Waals surface area contributed by atoms with E-state index < -0.39 is 16.1 Å². The number of nitrogens with one attached hydrogen (secondary N) is 4. The van der Waals surface area contributed by atoms with Crippen LogP contribution in [0.2, 0.25) is 0 Å². The van der Waals surface area contributed by atoms with E-state index in [0.29, 0.717) is 46.0 Å². The Labute approximate surface area is 298 Å². The molecule has 3 heterocycles. The summed E-state index contributed by atoms with van der Waals surface area (Å²) in [4.78, 5) is 40.2. The number of hydrogen-bond acceptors (Lipinski definition) is 9. The van der Waals surface area contributed by atoms with Crippen LogP contribution in [0.4, 0.5) is 27.7 Å². The molecule has 4 N–H and O–H groups in total. The first kappa shape index (κ1) is 35.7. The summed E-state index contributed by atoms with van der Waals surface area (Å²) in [5.41, 5.74) is 4.45. The van der Waals surface area contributed by atoms with Gasteiger partial charge in [0.05, 0.1) is 10.3 Å². The minimum absolute atomic E-state index is 0.134. The molecule has 0 saturated carbocycles. The lowest BCUT2D eigenvalue weighted by Gasteiger charge is -2.32. The molecular formula is C37H43N9O4S. The Hall–Kier alpha value is -5.15. The van der Waals surface area contributed by atoms with Gasteiger partial charge < -0.3 is 20.9 Å². The van der Waals surface area contributed by atoms with Gasteiger partial charge in [-0.25, -0.2) is 27.9 Å². The molecule has 14 heteroatoms. The fourth-order valence-electron chi connectivity index (χ4n) is 5.80. The predicted molar refractivity (Wildman–Crippen MR) is 200 cm³/mol. The molecule has 0 atom stereocenters. The highest BCUT2D eigenvalue weighted by Crippen LogP contribution is 2.27. The number of nitrogens with zero attached hydrogens (tertiary/aromatic N) is 5. The second-order valence-corrected chi connectivity index (χ2v) is 14.5. The van der Waals surface area contributed by atoms with E-state index in [2.05, 4.69) is 47.5 Å². The van der Waals surface area contributed by atoms with Crippen molar-refractivity contribution in [1.82, 2.24) is 29.1 Å². The molecule has 2 aromatic heterocycles. The van der Waals surface area contributed by atoms with Gasteiger partial charge in [0.15, 0.2) is 5.65 Å². The topological polar surface area (TPSA) is 154 Å². The molecule has 1 fully saturated rings. The average Bonchev–Trinajstić information content (AvgIpc) is 3.57. The molecule has 266 valence electrons. The molecule has 0 bridgehead atoms. The van der Waals surface area contributed by atoms with E-state index in [9.17, 15) is 18.0 Å².